The minimum atomic E-state index is 0.376. The molecule has 0 bridgehead atoms. The maximum Gasteiger partial charge on any atom is 0.134 e. The predicted octanol–water partition coefficient (Wildman–Crippen LogP) is 2.74. The smallest absolute Gasteiger partial charge is 0.134 e. The molecule has 0 unspecified atom stereocenters. The van der Waals surface area contributed by atoms with Crippen LogP contribution >= 0.6 is 35.0 Å². The summed E-state index contributed by atoms with van der Waals surface area (Å²) in [5, 5.41) is 8.15. The summed E-state index contributed by atoms with van der Waals surface area (Å²) in [5.74, 6) is 0. The van der Waals surface area contributed by atoms with Crippen LogP contribution in [0.5, 0.6) is 0 Å². The van der Waals surface area contributed by atoms with Crippen LogP contribution in [0.3, 0.4) is 0 Å². The standard InChI is InChI=1S/C6H2Cl3N3/c7-3-1-2-4-6(5(3)8)10-11-12(4)9/h1-2H. The van der Waals surface area contributed by atoms with E-state index in [1.165, 1.54) is 0 Å². The maximum atomic E-state index is 5.83. The SMILES string of the molecule is Clc1ccc2c(nnn2Cl)c1Cl. The normalized spacial score (nSPS) is 10.9. The lowest BCUT2D eigenvalue weighted by atomic mass is 10.3. The van der Waals surface area contributed by atoms with Gasteiger partial charge in [0.15, 0.2) is 0 Å². The molecule has 2 rings (SSSR count). The van der Waals surface area contributed by atoms with Crippen molar-refractivity contribution >= 4 is 46.0 Å². The summed E-state index contributed by atoms with van der Waals surface area (Å²) in [6, 6.07) is 3.35. The van der Waals surface area contributed by atoms with Crippen molar-refractivity contribution in [3.8, 4) is 0 Å². The van der Waals surface area contributed by atoms with Crippen molar-refractivity contribution in [2.45, 2.75) is 0 Å². The summed E-state index contributed by atoms with van der Waals surface area (Å²) in [6.07, 6.45) is 0. The minimum absolute atomic E-state index is 0.376. The third-order valence-corrected chi connectivity index (χ3v) is 2.51. The molecule has 6 heteroatoms. The van der Waals surface area contributed by atoms with Crippen molar-refractivity contribution in [3.63, 3.8) is 0 Å². The van der Waals surface area contributed by atoms with Gasteiger partial charge in [-0.05, 0) is 17.3 Å². The second-order valence-corrected chi connectivity index (χ2v) is 3.28. The van der Waals surface area contributed by atoms with Gasteiger partial charge in [-0.2, -0.15) is 4.20 Å². The Morgan fingerprint density at radius 2 is 2.00 bits per heavy atom. The molecule has 0 aliphatic heterocycles. The van der Waals surface area contributed by atoms with Gasteiger partial charge in [-0.25, -0.2) is 0 Å². The Balaban J connectivity index is 2.93. The van der Waals surface area contributed by atoms with Crippen molar-refractivity contribution < 1.29 is 0 Å². The van der Waals surface area contributed by atoms with Gasteiger partial charge in [-0.15, -0.1) is 5.10 Å². The quantitative estimate of drug-likeness (QED) is 0.686. The number of hydrogen-bond acceptors (Lipinski definition) is 2. The zero-order chi connectivity index (χ0) is 8.72. The van der Waals surface area contributed by atoms with Gasteiger partial charge in [0.25, 0.3) is 0 Å². The topological polar surface area (TPSA) is 30.7 Å². The van der Waals surface area contributed by atoms with E-state index in [0.717, 1.165) is 4.20 Å². The minimum Gasteiger partial charge on any atom is -0.151 e. The molecule has 0 fully saturated rings. The first-order chi connectivity index (χ1) is 5.70. The fraction of sp³-hybridized carbons (Fsp3) is 0. The summed E-state index contributed by atoms with van der Waals surface area (Å²) in [7, 11) is 0. The fourth-order valence-corrected chi connectivity index (χ4v) is 1.43. The van der Waals surface area contributed by atoms with Crippen LogP contribution < -0.4 is 0 Å². The summed E-state index contributed by atoms with van der Waals surface area (Å²) in [4.78, 5) is 0. The second kappa shape index (κ2) is 2.76. The zero-order valence-electron chi connectivity index (χ0n) is 5.63. The van der Waals surface area contributed by atoms with Crippen molar-refractivity contribution in [3.05, 3.63) is 22.2 Å². The first kappa shape index (κ1) is 8.10. The molecule has 0 saturated heterocycles. The van der Waals surface area contributed by atoms with Gasteiger partial charge in [0.2, 0.25) is 0 Å². The van der Waals surface area contributed by atoms with E-state index in [-0.39, 0.29) is 0 Å². The Kier molecular flexibility index (Phi) is 1.87. The van der Waals surface area contributed by atoms with Crippen LogP contribution in [0.4, 0.5) is 0 Å². The molecule has 2 aromatic rings. The van der Waals surface area contributed by atoms with E-state index in [0.29, 0.717) is 21.1 Å². The molecule has 12 heavy (non-hydrogen) atoms. The molecule has 0 N–H and O–H groups in total. The maximum absolute atomic E-state index is 5.83. The molecule has 3 nitrogen and oxygen atoms in total. The molecule has 1 aromatic heterocycles. The van der Waals surface area contributed by atoms with E-state index in [4.69, 9.17) is 35.0 Å². The highest BCUT2D eigenvalue weighted by Crippen LogP contribution is 2.28. The van der Waals surface area contributed by atoms with Gasteiger partial charge in [0.05, 0.1) is 10.0 Å². The molecule has 0 amide bonds. The summed E-state index contributed by atoms with van der Waals surface area (Å²) < 4.78 is 1.12. The van der Waals surface area contributed by atoms with Gasteiger partial charge in [-0.3, -0.25) is 0 Å². The summed E-state index contributed by atoms with van der Waals surface area (Å²) >= 11 is 17.2. The third-order valence-electron chi connectivity index (χ3n) is 1.47. The molecule has 1 heterocycles. The highest BCUT2D eigenvalue weighted by Gasteiger charge is 2.09. The molecular formula is C6H2Cl3N3. The van der Waals surface area contributed by atoms with Crippen molar-refractivity contribution in [1.29, 1.82) is 0 Å². The number of rotatable bonds is 0. The Morgan fingerprint density at radius 3 is 2.75 bits per heavy atom. The number of benzene rings is 1. The number of halogens is 3. The third kappa shape index (κ3) is 1.05. The Hall–Kier alpha value is -0.510. The molecule has 0 saturated carbocycles. The van der Waals surface area contributed by atoms with Gasteiger partial charge in [0.1, 0.15) is 11.0 Å². The molecular weight excluding hydrogens is 220 g/mol. The van der Waals surface area contributed by atoms with Crippen LogP contribution in [0.1, 0.15) is 0 Å². The van der Waals surface area contributed by atoms with E-state index < -0.39 is 0 Å². The lowest BCUT2D eigenvalue weighted by Gasteiger charge is -1.94. The van der Waals surface area contributed by atoms with Gasteiger partial charge >= 0.3 is 0 Å². The van der Waals surface area contributed by atoms with E-state index >= 15 is 0 Å². The van der Waals surface area contributed by atoms with Gasteiger partial charge in [0, 0.05) is 11.8 Å². The monoisotopic (exact) mass is 221 g/mol. The fourth-order valence-electron chi connectivity index (χ4n) is 0.906. The van der Waals surface area contributed by atoms with Crippen molar-refractivity contribution in [2.75, 3.05) is 0 Å². The largest absolute Gasteiger partial charge is 0.151 e. The van der Waals surface area contributed by atoms with E-state index in [1.54, 1.807) is 12.1 Å². The lowest BCUT2D eigenvalue weighted by Crippen LogP contribution is -1.80. The number of nitrogens with zero attached hydrogens (tertiary/aromatic N) is 3. The van der Waals surface area contributed by atoms with Gasteiger partial charge in [-0.1, -0.05) is 23.2 Å². The van der Waals surface area contributed by atoms with Gasteiger partial charge < -0.3 is 0 Å². The number of fused-ring (bicyclic) bond motifs is 1. The molecule has 62 valence electrons. The average molecular weight is 222 g/mol. The molecule has 1 aromatic carbocycles. The molecule has 0 radical (unpaired) electrons. The van der Waals surface area contributed by atoms with Crippen LogP contribution in [0.2, 0.25) is 10.0 Å². The van der Waals surface area contributed by atoms with Crippen LogP contribution in [-0.2, 0) is 0 Å². The lowest BCUT2D eigenvalue weighted by molar-refractivity contribution is 0.899. The molecule has 0 spiro atoms. The first-order valence-corrected chi connectivity index (χ1v) is 4.15. The number of hydrogen-bond donors (Lipinski definition) is 0. The highest BCUT2D eigenvalue weighted by molar-refractivity contribution is 6.45. The Bertz CT molecular complexity index is 437. The Morgan fingerprint density at radius 1 is 1.25 bits per heavy atom. The van der Waals surface area contributed by atoms with Crippen LogP contribution in [0.25, 0.3) is 11.0 Å². The van der Waals surface area contributed by atoms with E-state index in [1.807, 2.05) is 0 Å². The van der Waals surface area contributed by atoms with Crippen molar-refractivity contribution in [2.24, 2.45) is 0 Å². The van der Waals surface area contributed by atoms with Crippen LogP contribution in [0, 0.1) is 0 Å². The summed E-state index contributed by atoms with van der Waals surface area (Å²) in [6.45, 7) is 0. The zero-order valence-corrected chi connectivity index (χ0v) is 7.90. The van der Waals surface area contributed by atoms with Crippen LogP contribution in [0.15, 0.2) is 12.1 Å². The number of aromatic nitrogens is 3. The van der Waals surface area contributed by atoms with E-state index in [9.17, 15) is 0 Å². The molecule has 0 aliphatic carbocycles. The molecule has 0 aliphatic rings. The second-order valence-electron chi connectivity index (χ2n) is 2.18. The average Bonchev–Trinajstić information content (AvgIpc) is 2.41. The molecule has 0 atom stereocenters. The predicted molar refractivity (Wildman–Crippen MR) is 48.8 cm³/mol. The Labute approximate surface area is 82.9 Å². The van der Waals surface area contributed by atoms with Crippen LogP contribution in [-0.4, -0.2) is 14.5 Å². The summed E-state index contributed by atoms with van der Waals surface area (Å²) in [5.41, 5.74) is 1.16. The highest BCUT2D eigenvalue weighted by atomic mass is 35.5. The van der Waals surface area contributed by atoms with Crippen molar-refractivity contribution in [1.82, 2.24) is 14.5 Å². The van der Waals surface area contributed by atoms with E-state index in [2.05, 4.69) is 10.3 Å². The first-order valence-electron chi connectivity index (χ1n) is 3.05.